The maximum atomic E-state index is 12.6. The number of nitrogens with one attached hydrogen (secondary N) is 1. The fourth-order valence-electron chi connectivity index (χ4n) is 3.90. The lowest BCUT2D eigenvalue weighted by Crippen LogP contribution is -2.58. The molecule has 2 heterocycles. The van der Waals surface area contributed by atoms with E-state index in [-0.39, 0.29) is 46.1 Å². The SMILES string of the molecule is Cc1cc(OC(F)F)c(C(=O)NC2C3CC(N)CC2CS(=O)(=O)C3)s1. The zero-order chi connectivity index (χ0) is 18.4. The normalized spacial score (nSPS) is 30.9. The van der Waals surface area contributed by atoms with Gasteiger partial charge in [-0.2, -0.15) is 8.78 Å². The first-order valence-electron chi connectivity index (χ1n) is 7.96. The predicted molar refractivity (Wildman–Crippen MR) is 89.8 cm³/mol. The number of nitrogens with two attached hydrogens (primary N) is 1. The Balaban J connectivity index is 1.79. The molecule has 2 aliphatic rings. The van der Waals surface area contributed by atoms with Crippen LogP contribution < -0.4 is 15.8 Å². The van der Waals surface area contributed by atoms with E-state index in [1.165, 1.54) is 6.07 Å². The third-order valence-electron chi connectivity index (χ3n) is 4.70. The monoisotopic (exact) mass is 394 g/mol. The molecule has 10 heteroatoms. The number of hydrogen-bond donors (Lipinski definition) is 2. The largest absolute Gasteiger partial charge is 0.433 e. The first kappa shape index (κ1) is 18.5. The molecule has 3 N–H and O–H groups in total. The van der Waals surface area contributed by atoms with E-state index in [9.17, 15) is 22.0 Å². The van der Waals surface area contributed by atoms with Crippen molar-refractivity contribution in [2.24, 2.45) is 17.6 Å². The zero-order valence-corrected chi connectivity index (χ0v) is 15.2. The lowest BCUT2D eigenvalue weighted by molar-refractivity contribution is -0.0498. The van der Waals surface area contributed by atoms with Crippen molar-refractivity contribution < 1.29 is 26.7 Å². The fraction of sp³-hybridized carbons (Fsp3) is 0.667. The van der Waals surface area contributed by atoms with E-state index in [4.69, 9.17) is 5.73 Å². The van der Waals surface area contributed by atoms with Crippen LogP contribution in [0.1, 0.15) is 27.4 Å². The van der Waals surface area contributed by atoms with E-state index in [1.54, 1.807) is 6.92 Å². The second kappa shape index (κ2) is 6.81. The van der Waals surface area contributed by atoms with Gasteiger partial charge in [0, 0.05) is 17.0 Å². The maximum Gasteiger partial charge on any atom is 0.387 e. The average molecular weight is 394 g/mol. The van der Waals surface area contributed by atoms with Crippen LogP contribution in [0.2, 0.25) is 0 Å². The highest BCUT2D eigenvalue weighted by Crippen LogP contribution is 2.37. The van der Waals surface area contributed by atoms with Crippen molar-refractivity contribution >= 4 is 27.1 Å². The van der Waals surface area contributed by atoms with Gasteiger partial charge in [-0.3, -0.25) is 4.79 Å². The molecule has 1 amide bonds. The summed E-state index contributed by atoms with van der Waals surface area (Å²) in [6.45, 7) is -1.32. The molecule has 0 radical (unpaired) electrons. The van der Waals surface area contributed by atoms with Crippen LogP contribution in [-0.2, 0) is 9.84 Å². The highest BCUT2D eigenvalue weighted by molar-refractivity contribution is 7.91. The molecule has 2 unspecified atom stereocenters. The number of amides is 1. The third kappa shape index (κ3) is 4.12. The molecule has 3 rings (SSSR count). The van der Waals surface area contributed by atoms with Gasteiger partial charge in [0.25, 0.3) is 5.91 Å². The second-order valence-corrected chi connectivity index (χ2v) is 10.2. The highest BCUT2D eigenvalue weighted by atomic mass is 32.2. The summed E-state index contributed by atoms with van der Waals surface area (Å²) in [5, 5.41) is 2.85. The van der Waals surface area contributed by atoms with E-state index < -0.39 is 22.4 Å². The molecule has 0 aromatic carbocycles. The first-order valence-corrected chi connectivity index (χ1v) is 10.6. The summed E-state index contributed by atoms with van der Waals surface area (Å²) in [6.07, 6.45) is 1.04. The Kier molecular flexibility index (Phi) is 5.04. The Labute approximate surface area is 148 Å². The van der Waals surface area contributed by atoms with Crippen molar-refractivity contribution in [3.8, 4) is 5.75 Å². The molecule has 1 aliphatic carbocycles. The van der Waals surface area contributed by atoms with Gasteiger partial charge in [0.05, 0.1) is 11.5 Å². The number of fused-ring (bicyclic) bond motifs is 2. The van der Waals surface area contributed by atoms with E-state index in [1.807, 2.05) is 0 Å². The molecular formula is C15H20F2N2O4S2. The molecule has 1 saturated carbocycles. The number of aryl methyl sites for hydroxylation is 1. The molecule has 2 bridgehead atoms. The highest BCUT2D eigenvalue weighted by Gasteiger charge is 2.45. The van der Waals surface area contributed by atoms with Gasteiger partial charge in [0.15, 0.2) is 9.84 Å². The molecule has 25 heavy (non-hydrogen) atoms. The second-order valence-electron chi connectivity index (χ2n) is 6.76. The van der Waals surface area contributed by atoms with E-state index in [0.717, 1.165) is 11.3 Å². The number of carbonyl (C=O) groups is 1. The lowest BCUT2D eigenvalue weighted by atomic mass is 9.75. The van der Waals surface area contributed by atoms with Gasteiger partial charge in [0.1, 0.15) is 10.6 Å². The standard InChI is InChI=1S/C15H20F2N2O4S2/c1-7-2-11(23-15(16)17)13(24-7)14(20)19-12-8-3-10(18)4-9(12)6-25(21,22)5-8/h2,8-10,12,15H,3-6,18H2,1H3,(H,19,20). The van der Waals surface area contributed by atoms with Crippen LogP contribution in [0.15, 0.2) is 6.07 Å². The zero-order valence-electron chi connectivity index (χ0n) is 13.6. The van der Waals surface area contributed by atoms with Crippen molar-refractivity contribution in [2.45, 2.75) is 38.5 Å². The van der Waals surface area contributed by atoms with Gasteiger partial charge in [0.2, 0.25) is 0 Å². The van der Waals surface area contributed by atoms with E-state index >= 15 is 0 Å². The maximum absolute atomic E-state index is 12.6. The van der Waals surface area contributed by atoms with Crippen molar-refractivity contribution in [3.05, 3.63) is 15.8 Å². The van der Waals surface area contributed by atoms with Crippen LogP contribution >= 0.6 is 11.3 Å². The summed E-state index contributed by atoms with van der Waals surface area (Å²) < 4.78 is 53.4. The van der Waals surface area contributed by atoms with Crippen LogP contribution in [0.5, 0.6) is 5.75 Å². The number of rotatable bonds is 4. The minimum absolute atomic E-state index is 0.00793. The lowest BCUT2D eigenvalue weighted by Gasteiger charge is -2.44. The van der Waals surface area contributed by atoms with E-state index in [0.29, 0.717) is 17.7 Å². The number of carbonyl (C=O) groups excluding carboxylic acids is 1. The average Bonchev–Trinajstić information content (AvgIpc) is 2.79. The fourth-order valence-corrected chi connectivity index (χ4v) is 6.88. The number of ether oxygens (including phenoxy) is 1. The summed E-state index contributed by atoms with van der Waals surface area (Å²) in [5.74, 6) is -1.18. The van der Waals surface area contributed by atoms with Crippen molar-refractivity contribution in [2.75, 3.05) is 11.5 Å². The third-order valence-corrected chi connectivity index (χ3v) is 7.61. The van der Waals surface area contributed by atoms with E-state index in [2.05, 4.69) is 10.1 Å². The minimum Gasteiger partial charge on any atom is -0.433 e. The van der Waals surface area contributed by atoms with Gasteiger partial charge in [-0.25, -0.2) is 8.42 Å². The van der Waals surface area contributed by atoms with Crippen LogP contribution in [-0.4, -0.2) is 44.5 Å². The molecule has 1 aliphatic heterocycles. The molecule has 1 saturated heterocycles. The van der Waals surface area contributed by atoms with Crippen molar-refractivity contribution in [1.82, 2.24) is 5.32 Å². The molecule has 1 aromatic rings. The van der Waals surface area contributed by atoms with Crippen LogP contribution in [0.4, 0.5) is 8.78 Å². The summed E-state index contributed by atoms with van der Waals surface area (Å²) >= 11 is 1.07. The summed E-state index contributed by atoms with van der Waals surface area (Å²) in [6, 6.07) is 0.992. The van der Waals surface area contributed by atoms with Gasteiger partial charge in [-0.1, -0.05) is 0 Å². The number of hydrogen-bond acceptors (Lipinski definition) is 6. The number of sulfone groups is 1. The smallest absolute Gasteiger partial charge is 0.387 e. The quantitative estimate of drug-likeness (QED) is 0.807. The number of halogens is 2. The van der Waals surface area contributed by atoms with Crippen LogP contribution in [0.3, 0.4) is 0 Å². The molecule has 1 aromatic heterocycles. The molecule has 6 nitrogen and oxygen atoms in total. The van der Waals surface area contributed by atoms with Gasteiger partial charge in [-0.05, 0) is 37.7 Å². The van der Waals surface area contributed by atoms with Gasteiger partial charge in [-0.15, -0.1) is 11.3 Å². The molecule has 2 atom stereocenters. The molecular weight excluding hydrogens is 374 g/mol. The predicted octanol–water partition coefficient (Wildman–Crippen LogP) is 1.54. The summed E-state index contributed by atoms with van der Waals surface area (Å²) in [5.41, 5.74) is 5.99. The van der Waals surface area contributed by atoms with Gasteiger partial charge < -0.3 is 15.8 Å². The number of alkyl halides is 2. The molecule has 140 valence electrons. The topological polar surface area (TPSA) is 98.5 Å². The number of thiophene rings is 1. The van der Waals surface area contributed by atoms with Crippen molar-refractivity contribution in [3.63, 3.8) is 0 Å². The Hall–Kier alpha value is -1.26. The van der Waals surface area contributed by atoms with Crippen LogP contribution in [0.25, 0.3) is 0 Å². The Morgan fingerprint density at radius 2 is 1.96 bits per heavy atom. The van der Waals surface area contributed by atoms with Crippen LogP contribution in [0, 0.1) is 18.8 Å². The first-order chi connectivity index (χ1) is 11.6. The molecule has 2 fully saturated rings. The summed E-state index contributed by atoms with van der Waals surface area (Å²) in [7, 11) is -3.15. The minimum atomic E-state index is -3.15. The van der Waals surface area contributed by atoms with Crippen molar-refractivity contribution in [1.29, 1.82) is 0 Å². The Bertz CT molecular complexity index is 744. The Morgan fingerprint density at radius 3 is 2.52 bits per heavy atom. The van der Waals surface area contributed by atoms with Gasteiger partial charge >= 0.3 is 6.61 Å². The summed E-state index contributed by atoms with van der Waals surface area (Å²) in [4.78, 5) is 13.3. The molecule has 0 spiro atoms. The Morgan fingerprint density at radius 1 is 1.36 bits per heavy atom.